The van der Waals surface area contributed by atoms with Crippen molar-refractivity contribution in [1.82, 2.24) is 0 Å². The van der Waals surface area contributed by atoms with Crippen LogP contribution in [0.3, 0.4) is 0 Å². The molecule has 0 N–H and O–H groups in total. The van der Waals surface area contributed by atoms with E-state index in [1.54, 1.807) is 13.8 Å². The third-order valence-corrected chi connectivity index (χ3v) is 4.58. The van der Waals surface area contributed by atoms with Gasteiger partial charge in [0.15, 0.2) is 0 Å². The van der Waals surface area contributed by atoms with Crippen LogP contribution in [0.4, 0.5) is 0 Å². The zero-order valence-electron chi connectivity index (χ0n) is 13.5. The average molecular weight is 363 g/mol. The van der Waals surface area contributed by atoms with Gasteiger partial charge in [-0.25, -0.2) is 4.57 Å². The third kappa shape index (κ3) is 11.9. The van der Waals surface area contributed by atoms with E-state index in [9.17, 15) is 4.57 Å². The van der Waals surface area contributed by atoms with Crippen LogP contribution < -0.4 is 0 Å². The van der Waals surface area contributed by atoms with Gasteiger partial charge in [-0.3, -0.25) is 13.6 Å². The van der Waals surface area contributed by atoms with E-state index < -0.39 is 7.82 Å². The number of alkyl halides is 2. The van der Waals surface area contributed by atoms with Crippen molar-refractivity contribution in [3.63, 3.8) is 0 Å². The fourth-order valence-corrected chi connectivity index (χ4v) is 3.33. The van der Waals surface area contributed by atoms with E-state index in [1.807, 2.05) is 0 Å². The third-order valence-electron chi connectivity index (χ3n) is 2.94. The normalized spacial score (nSPS) is 19.0. The van der Waals surface area contributed by atoms with Crippen molar-refractivity contribution in [2.75, 3.05) is 19.8 Å². The standard InChI is InChI=1S/C14H29Cl2O4P/c1-5-7-8-14(6-2)11-20-21(17,18-9-12(3)15)19-10-13(4)16/h12-14H,5-11H2,1-4H3. The highest BCUT2D eigenvalue weighted by molar-refractivity contribution is 7.48. The van der Waals surface area contributed by atoms with E-state index in [0.717, 1.165) is 25.7 Å². The van der Waals surface area contributed by atoms with Crippen molar-refractivity contribution in [1.29, 1.82) is 0 Å². The average Bonchev–Trinajstić information content (AvgIpc) is 2.43. The largest absolute Gasteiger partial charge is 0.474 e. The van der Waals surface area contributed by atoms with Crippen LogP contribution in [0.5, 0.6) is 0 Å². The minimum absolute atomic E-state index is 0.112. The fourth-order valence-electron chi connectivity index (χ4n) is 1.59. The molecule has 0 amide bonds. The van der Waals surface area contributed by atoms with Gasteiger partial charge in [0, 0.05) is 0 Å². The van der Waals surface area contributed by atoms with E-state index in [4.69, 9.17) is 36.8 Å². The first-order valence-electron chi connectivity index (χ1n) is 7.64. The molecular weight excluding hydrogens is 334 g/mol. The molecule has 0 heterocycles. The van der Waals surface area contributed by atoms with Crippen molar-refractivity contribution in [3.05, 3.63) is 0 Å². The molecule has 0 spiro atoms. The first-order valence-corrected chi connectivity index (χ1v) is 9.98. The molecule has 3 atom stereocenters. The summed E-state index contributed by atoms with van der Waals surface area (Å²) in [7, 11) is -3.60. The van der Waals surface area contributed by atoms with Gasteiger partial charge in [-0.05, 0) is 26.2 Å². The maximum absolute atomic E-state index is 12.5. The number of hydrogen-bond donors (Lipinski definition) is 0. The van der Waals surface area contributed by atoms with Crippen molar-refractivity contribution < 1.29 is 18.1 Å². The molecule has 0 aliphatic carbocycles. The lowest BCUT2D eigenvalue weighted by Gasteiger charge is -2.22. The zero-order chi connectivity index (χ0) is 16.3. The highest BCUT2D eigenvalue weighted by Crippen LogP contribution is 2.50. The van der Waals surface area contributed by atoms with E-state index in [1.165, 1.54) is 0 Å². The van der Waals surface area contributed by atoms with Gasteiger partial charge in [0.25, 0.3) is 0 Å². The molecule has 0 aliphatic heterocycles. The van der Waals surface area contributed by atoms with E-state index >= 15 is 0 Å². The molecule has 7 heteroatoms. The lowest BCUT2D eigenvalue weighted by Crippen LogP contribution is -2.14. The molecule has 4 nitrogen and oxygen atoms in total. The Morgan fingerprint density at radius 2 is 1.43 bits per heavy atom. The van der Waals surface area contributed by atoms with Gasteiger partial charge in [0.1, 0.15) is 0 Å². The molecule has 0 bridgehead atoms. The Hall–Kier alpha value is 0.690. The number of rotatable bonds is 13. The minimum Gasteiger partial charge on any atom is -0.287 e. The van der Waals surface area contributed by atoms with Crippen molar-refractivity contribution in [3.8, 4) is 0 Å². The first-order chi connectivity index (χ1) is 9.83. The van der Waals surface area contributed by atoms with Gasteiger partial charge in [-0.15, -0.1) is 23.2 Å². The van der Waals surface area contributed by atoms with Gasteiger partial charge in [0.2, 0.25) is 0 Å². The Morgan fingerprint density at radius 1 is 0.952 bits per heavy atom. The summed E-state index contributed by atoms with van der Waals surface area (Å²) in [5, 5.41) is -0.526. The maximum Gasteiger partial charge on any atom is 0.474 e. The SMILES string of the molecule is CCCCC(CC)COP(=O)(OCC(C)Cl)OCC(C)Cl. The molecule has 0 aromatic heterocycles. The summed E-state index contributed by atoms with van der Waals surface area (Å²) < 4.78 is 28.5. The van der Waals surface area contributed by atoms with Crippen molar-refractivity contribution >= 4 is 31.0 Å². The second-order valence-electron chi connectivity index (χ2n) is 5.31. The number of phosphoric ester groups is 1. The van der Waals surface area contributed by atoms with Crippen LogP contribution in [0.25, 0.3) is 0 Å². The molecule has 3 unspecified atom stereocenters. The van der Waals surface area contributed by atoms with E-state index in [-0.39, 0.29) is 24.0 Å². The molecule has 0 saturated carbocycles. The predicted octanol–water partition coefficient (Wildman–Crippen LogP) is 5.62. The van der Waals surface area contributed by atoms with Gasteiger partial charge < -0.3 is 0 Å². The Labute approximate surface area is 139 Å². The van der Waals surface area contributed by atoms with Gasteiger partial charge in [-0.2, -0.15) is 0 Å². The molecule has 0 rings (SSSR count). The van der Waals surface area contributed by atoms with Crippen molar-refractivity contribution in [2.24, 2.45) is 5.92 Å². The number of phosphoric acid groups is 1. The van der Waals surface area contributed by atoms with E-state index in [2.05, 4.69) is 13.8 Å². The second kappa shape index (κ2) is 12.2. The number of hydrogen-bond acceptors (Lipinski definition) is 4. The van der Waals surface area contributed by atoms with Crippen LogP contribution in [-0.2, 0) is 18.1 Å². The monoisotopic (exact) mass is 362 g/mol. The maximum atomic E-state index is 12.5. The highest BCUT2D eigenvalue weighted by Gasteiger charge is 2.29. The summed E-state index contributed by atoms with van der Waals surface area (Å²) in [4.78, 5) is 0. The summed E-state index contributed by atoms with van der Waals surface area (Å²) in [5.41, 5.74) is 0. The highest BCUT2D eigenvalue weighted by atomic mass is 35.5. The number of unbranched alkanes of at least 4 members (excludes halogenated alkanes) is 1. The quantitative estimate of drug-likeness (QED) is 0.315. The molecule has 0 fully saturated rings. The topological polar surface area (TPSA) is 44.8 Å². The van der Waals surface area contributed by atoms with Crippen LogP contribution in [-0.4, -0.2) is 30.6 Å². The predicted molar refractivity (Wildman–Crippen MR) is 89.4 cm³/mol. The van der Waals surface area contributed by atoms with Gasteiger partial charge >= 0.3 is 7.82 Å². The Morgan fingerprint density at radius 3 is 1.81 bits per heavy atom. The Kier molecular flexibility index (Phi) is 12.6. The molecule has 0 aromatic rings. The van der Waals surface area contributed by atoms with Gasteiger partial charge in [0.05, 0.1) is 30.6 Å². The Balaban J connectivity index is 4.45. The fraction of sp³-hybridized carbons (Fsp3) is 1.00. The molecule has 0 aliphatic rings. The summed E-state index contributed by atoms with van der Waals surface area (Å²) >= 11 is 11.6. The summed E-state index contributed by atoms with van der Waals surface area (Å²) in [6.07, 6.45) is 4.28. The lowest BCUT2D eigenvalue weighted by molar-refractivity contribution is 0.0982. The minimum atomic E-state index is -3.60. The molecular formula is C14H29Cl2O4P. The molecule has 0 saturated heterocycles. The smallest absolute Gasteiger partial charge is 0.287 e. The van der Waals surface area contributed by atoms with Crippen LogP contribution in [0, 0.1) is 5.92 Å². The van der Waals surface area contributed by atoms with Gasteiger partial charge in [-0.1, -0.05) is 33.1 Å². The molecule has 0 aromatic carbocycles. The van der Waals surface area contributed by atoms with Crippen LogP contribution >= 0.6 is 31.0 Å². The van der Waals surface area contributed by atoms with Crippen molar-refractivity contribution in [2.45, 2.75) is 64.1 Å². The summed E-state index contributed by atoms with van der Waals surface area (Å²) in [6, 6.07) is 0. The summed E-state index contributed by atoms with van der Waals surface area (Å²) in [5.74, 6) is 0.354. The second-order valence-corrected chi connectivity index (χ2v) is 8.47. The lowest BCUT2D eigenvalue weighted by atomic mass is 10.0. The Bertz CT molecular complexity index is 285. The summed E-state index contributed by atoms with van der Waals surface area (Å²) in [6.45, 7) is 8.34. The molecule has 0 radical (unpaired) electrons. The van der Waals surface area contributed by atoms with Crippen LogP contribution in [0.15, 0.2) is 0 Å². The number of halogens is 2. The van der Waals surface area contributed by atoms with E-state index in [0.29, 0.717) is 12.5 Å². The molecule has 21 heavy (non-hydrogen) atoms. The zero-order valence-corrected chi connectivity index (χ0v) is 15.9. The van der Waals surface area contributed by atoms with Crippen LogP contribution in [0.2, 0.25) is 0 Å². The van der Waals surface area contributed by atoms with Crippen LogP contribution in [0.1, 0.15) is 53.4 Å². The molecule has 128 valence electrons. The first kappa shape index (κ1) is 21.7.